The second-order valence-electron chi connectivity index (χ2n) is 4.20. The Morgan fingerprint density at radius 3 is 2.69 bits per heavy atom. The molecule has 0 amide bonds. The second kappa shape index (κ2) is 6.20. The molecule has 0 bridgehead atoms. The highest BCUT2D eigenvalue weighted by molar-refractivity contribution is 5.73. The van der Waals surface area contributed by atoms with Gasteiger partial charge >= 0.3 is 0 Å². The van der Waals surface area contributed by atoms with Crippen LogP contribution in [0.4, 0.5) is 0 Å². The largest absolute Gasteiger partial charge is 0.466 e. The van der Waals surface area contributed by atoms with E-state index in [2.05, 4.69) is 10.3 Å². The highest BCUT2D eigenvalue weighted by Gasteiger charge is 2.05. The van der Waals surface area contributed by atoms with Gasteiger partial charge in [0.05, 0.1) is 6.26 Å². The zero-order chi connectivity index (χ0) is 12.0. The SMILES string of the molecule is CC(C)/N=C(/NC(C)C)OCc1ccco1. The van der Waals surface area contributed by atoms with Crippen molar-refractivity contribution in [1.29, 1.82) is 0 Å². The van der Waals surface area contributed by atoms with E-state index in [4.69, 9.17) is 9.15 Å². The first-order valence-corrected chi connectivity index (χ1v) is 5.57. The average molecular weight is 224 g/mol. The minimum atomic E-state index is 0.206. The molecule has 0 aromatic carbocycles. The zero-order valence-electron chi connectivity index (χ0n) is 10.4. The normalized spacial score (nSPS) is 12.2. The molecule has 0 aliphatic heterocycles. The fraction of sp³-hybridized carbons (Fsp3) is 0.583. The summed E-state index contributed by atoms with van der Waals surface area (Å²) >= 11 is 0. The minimum Gasteiger partial charge on any atom is -0.466 e. The van der Waals surface area contributed by atoms with Gasteiger partial charge in [-0.2, -0.15) is 0 Å². The van der Waals surface area contributed by atoms with Crippen molar-refractivity contribution in [3.05, 3.63) is 24.2 Å². The van der Waals surface area contributed by atoms with Gasteiger partial charge in [0.1, 0.15) is 12.4 Å². The first kappa shape index (κ1) is 12.6. The summed E-state index contributed by atoms with van der Waals surface area (Å²) in [6.45, 7) is 8.52. The molecule has 0 radical (unpaired) electrons. The van der Waals surface area contributed by atoms with Gasteiger partial charge in [0.2, 0.25) is 0 Å². The molecule has 4 nitrogen and oxygen atoms in total. The molecule has 0 unspecified atom stereocenters. The van der Waals surface area contributed by atoms with E-state index >= 15 is 0 Å². The van der Waals surface area contributed by atoms with Crippen LogP contribution in [0.15, 0.2) is 27.8 Å². The molecule has 0 fully saturated rings. The maximum absolute atomic E-state index is 5.55. The van der Waals surface area contributed by atoms with Crippen molar-refractivity contribution in [3.63, 3.8) is 0 Å². The molecule has 0 saturated heterocycles. The van der Waals surface area contributed by atoms with Crippen molar-refractivity contribution in [1.82, 2.24) is 5.32 Å². The van der Waals surface area contributed by atoms with Gasteiger partial charge in [0.25, 0.3) is 6.02 Å². The summed E-state index contributed by atoms with van der Waals surface area (Å²) in [6.07, 6.45) is 1.63. The predicted octanol–water partition coefficient (Wildman–Crippen LogP) is 2.56. The molecule has 1 heterocycles. The van der Waals surface area contributed by atoms with Crippen LogP contribution in [0, 0.1) is 0 Å². The molecule has 1 rings (SSSR count). The van der Waals surface area contributed by atoms with Gasteiger partial charge < -0.3 is 14.5 Å². The van der Waals surface area contributed by atoms with Gasteiger partial charge in [0.15, 0.2) is 0 Å². The number of rotatable bonds is 4. The lowest BCUT2D eigenvalue weighted by atomic mass is 10.4. The summed E-state index contributed by atoms with van der Waals surface area (Å²) in [5, 5.41) is 3.16. The second-order valence-corrected chi connectivity index (χ2v) is 4.20. The third-order valence-corrected chi connectivity index (χ3v) is 1.72. The molecule has 1 aromatic heterocycles. The summed E-state index contributed by atoms with van der Waals surface area (Å²) < 4.78 is 10.7. The monoisotopic (exact) mass is 224 g/mol. The number of hydrogen-bond acceptors (Lipinski definition) is 3. The minimum absolute atomic E-state index is 0.206. The van der Waals surface area contributed by atoms with Gasteiger partial charge in [0, 0.05) is 12.1 Å². The Morgan fingerprint density at radius 2 is 2.19 bits per heavy atom. The van der Waals surface area contributed by atoms with E-state index in [-0.39, 0.29) is 6.04 Å². The predicted molar refractivity (Wildman–Crippen MR) is 64.3 cm³/mol. The molecule has 0 aliphatic rings. The summed E-state index contributed by atoms with van der Waals surface area (Å²) in [7, 11) is 0. The summed E-state index contributed by atoms with van der Waals surface area (Å²) in [4.78, 5) is 4.36. The molecule has 1 aromatic rings. The van der Waals surface area contributed by atoms with E-state index in [1.807, 2.05) is 39.8 Å². The number of nitrogens with one attached hydrogen (secondary N) is 1. The number of amidine groups is 1. The topological polar surface area (TPSA) is 46.8 Å². The Balaban J connectivity index is 2.50. The Labute approximate surface area is 96.7 Å². The molecular formula is C12H20N2O2. The van der Waals surface area contributed by atoms with Crippen molar-refractivity contribution in [2.24, 2.45) is 4.99 Å². The molecule has 0 aliphatic carbocycles. The van der Waals surface area contributed by atoms with Gasteiger partial charge in [-0.1, -0.05) is 0 Å². The van der Waals surface area contributed by atoms with Crippen molar-refractivity contribution < 1.29 is 9.15 Å². The molecule has 0 spiro atoms. The third kappa shape index (κ3) is 4.87. The van der Waals surface area contributed by atoms with Crippen LogP contribution >= 0.6 is 0 Å². The zero-order valence-corrected chi connectivity index (χ0v) is 10.4. The van der Waals surface area contributed by atoms with Crippen molar-refractivity contribution in [2.75, 3.05) is 0 Å². The third-order valence-electron chi connectivity index (χ3n) is 1.72. The van der Waals surface area contributed by atoms with Crippen LogP contribution in [-0.2, 0) is 11.3 Å². The quantitative estimate of drug-likeness (QED) is 0.631. The van der Waals surface area contributed by atoms with E-state index in [9.17, 15) is 0 Å². The van der Waals surface area contributed by atoms with E-state index in [1.165, 1.54) is 0 Å². The van der Waals surface area contributed by atoms with E-state index in [0.717, 1.165) is 5.76 Å². The van der Waals surface area contributed by atoms with Gasteiger partial charge in [-0.05, 0) is 39.8 Å². The number of nitrogens with zero attached hydrogens (tertiary/aromatic N) is 1. The number of ether oxygens (including phenoxy) is 1. The fourth-order valence-corrected chi connectivity index (χ4v) is 1.13. The van der Waals surface area contributed by atoms with Crippen LogP contribution in [0.2, 0.25) is 0 Å². The lowest BCUT2D eigenvalue weighted by molar-refractivity contribution is 0.241. The molecule has 90 valence electrons. The molecular weight excluding hydrogens is 204 g/mol. The van der Waals surface area contributed by atoms with Gasteiger partial charge in [-0.3, -0.25) is 0 Å². The van der Waals surface area contributed by atoms with Crippen LogP contribution in [-0.4, -0.2) is 18.1 Å². The lowest BCUT2D eigenvalue weighted by Crippen LogP contribution is -2.33. The fourth-order valence-electron chi connectivity index (χ4n) is 1.13. The molecule has 0 saturated carbocycles. The van der Waals surface area contributed by atoms with Crippen LogP contribution in [0.5, 0.6) is 0 Å². The Bertz CT molecular complexity index is 316. The summed E-state index contributed by atoms with van der Waals surface area (Å²) in [6, 6.07) is 4.80. The summed E-state index contributed by atoms with van der Waals surface area (Å²) in [5.74, 6) is 0.794. The standard InChI is InChI=1S/C12H20N2O2/c1-9(2)13-12(14-10(3)4)16-8-11-6-5-7-15-11/h5-7,9-10H,8H2,1-4H3,(H,13,14). The van der Waals surface area contributed by atoms with E-state index < -0.39 is 0 Å². The Morgan fingerprint density at radius 1 is 1.44 bits per heavy atom. The van der Waals surface area contributed by atoms with Crippen molar-refractivity contribution in [3.8, 4) is 0 Å². The highest BCUT2D eigenvalue weighted by atomic mass is 16.5. The first-order chi connectivity index (χ1) is 7.58. The van der Waals surface area contributed by atoms with E-state index in [0.29, 0.717) is 18.7 Å². The smallest absolute Gasteiger partial charge is 0.285 e. The van der Waals surface area contributed by atoms with Crippen LogP contribution < -0.4 is 5.32 Å². The Kier molecular flexibility index (Phi) is 4.89. The maximum atomic E-state index is 5.55. The lowest BCUT2D eigenvalue weighted by Gasteiger charge is -2.14. The Hall–Kier alpha value is -1.45. The summed E-state index contributed by atoms with van der Waals surface area (Å²) in [5.41, 5.74) is 0. The van der Waals surface area contributed by atoms with Crippen LogP contribution in [0.3, 0.4) is 0 Å². The van der Waals surface area contributed by atoms with E-state index in [1.54, 1.807) is 6.26 Å². The van der Waals surface area contributed by atoms with Crippen LogP contribution in [0.25, 0.3) is 0 Å². The van der Waals surface area contributed by atoms with Crippen LogP contribution in [0.1, 0.15) is 33.5 Å². The molecule has 4 heteroatoms. The first-order valence-electron chi connectivity index (χ1n) is 5.57. The number of hydrogen-bond donors (Lipinski definition) is 1. The van der Waals surface area contributed by atoms with Gasteiger partial charge in [-0.25, -0.2) is 4.99 Å². The highest BCUT2D eigenvalue weighted by Crippen LogP contribution is 2.02. The number of aliphatic imine (C=N–C) groups is 1. The molecule has 16 heavy (non-hydrogen) atoms. The average Bonchev–Trinajstić information content (AvgIpc) is 2.64. The maximum Gasteiger partial charge on any atom is 0.285 e. The van der Waals surface area contributed by atoms with Crippen molar-refractivity contribution >= 4 is 6.02 Å². The molecule has 0 atom stereocenters. The van der Waals surface area contributed by atoms with Crippen molar-refractivity contribution in [2.45, 2.75) is 46.4 Å². The molecule has 1 N–H and O–H groups in total. The van der Waals surface area contributed by atoms with Gasteiger partial charge in [-0.15, -0.1) is 0 Å². The number of furan rings is 1.